The second kappa shape index (κ2) is 6.23. The van der Waals surface area contributed by atoms with Crippen LogP contribution in [0.1, 0.15) is 53.4 Å². The van der Waals surface area contributed by atoms with Crippen LogP contribution in [0.15, 0.2) is 0 Å². The van der Waals surface area contributed by atoms with Crippen LogP contribution in [0.4, 0.5) is 0 Å². The van der Waals surface area contributed by atoms with Gasteiger partial charge in [-0.05, 0) is 51.5 Å². The van der Waals surface area contributed by atoms with Gasteiger partial charge in [-0.3, -0.25) is 4.79 Å². The van der Waals surface area contributed by atoms with Crippen LogP contribution >= 0.6 is 0 Å². The zero-order valence-electron chi connectivity index (χ0n) is 13.2. The van der Waals surface area contributed by atoms with Crippen LogP contribution in [0.2, 0.25) is 0 Å². The quantitative estimate of drug-likeness (QED) is 0.752. The van der Waals surface area contributed by atoms with Crippen LogP contribution in [-0.2, 0) is 9.53 Å². The molecule has 0 aromatic rings. The molecule has 1 heterocycles. The summed E-state index contributed by atoms with van der Waals surface area (Å²) in [6, 6.07) is 0.314. The van der Waals surface area contributed by atoms with E-state index in [0.717, 1.165) is 13.1 Å². The van der Waals surface area contributed by atoms with E-state index in [1.807, 2.05) is 0 Å². The Hall–Kier alpha value is -0.610. The Bertz CT molecular complexity index is 311. The van der Waals surface area contributed by atoms with Gasteiger partial charge in [0.25, 0.3) is 0 Å². The first-order chi connectivity index (χ1) is 8.80. The molecule has 2 atom stereocenters. The molecular weight excluding hydrogens is 240 g/mol. The van der Waals surface area contributed by atoms with Gasteiger partial charge in [0.2, 0.25) is 0 Å². The molecule has 0 radical (unpaired) electrons. The fraction of sp³-hybridized carbons (Fsp3) is 0.933. The van der Waals surface area contributed by atoms with Crippen molar-refractivity contribution in [3.8, 4) is 0 Å². The van der Waals surface area contributed by atoms with Crippen LogP contribution in [0.3, 0.4) is 0 Å². The summed E-state index contributed by atoms with van der Waals surface area (Å²) in [4.78, 5) is 14.1. The molecule has 1 aliphatic heterocycles. The summed E-state index contributed by atoms with van der Waals surface area (Å²) < 4.78 is 4.78. The molecule has 4 heteroatoms. The third-order valence-corrected chi connectivity index (χ3v) is 4.96. The SMILES string of the molecule is CCC1(CC)CCN(C(C)CC(C)(N)C(=O)OC)C1. The molecule has 0 saturated carbocycles. The summed E-state index contributed by atoms with van der Waals surface area (Å²) in [6.07, 6.45) is 4.35. The van der Waals surface area contributed by atoms with Gasteiger partial charge in [-0.25, -0.2) is 0 Å². The Balaban J connectivity index is 2.61. The number of likely N-dealkylation sites (tertiary alicyclic amines) is 1. The van der Waals surface area contributed by atoms with E-state index in [4.69, 9.17) is 10.5 Å². The molecule has 1 saturated heterocycles. The summed E-state index contributed by atoms with van der Waals surface area (Å²) in [5.41, 5.74) is 5.64. The van der Waals surface area contributed by atoms with Crippen molar-refractivity contribution in [1.82, 2.24) is 4.90 Å². The van der Waals surface area contributed by atoms with Gasteiger partial charge in [-0.2, -0.15) is 0 Å². The van der Waals surface area contributed by atoms with E-state index in [2.05, 4.69) is 25.7 Å². The number of esters is 1. The highest BCUT2D eigenvalue weighted by atomic mass is 16.5. The number of ether oxygens (including phenoxy) is 1. The van der Waals surface area contributed by atoms with Crippen LogP contribution < -0.4 is 5.73 Å². The van der Waals surface area contributed by atoms with Crippen molar-refractivity contribution in [3.05, 3.63) is 0 Å². The fourth-order valence-corrected chi connectivity index (χ4v) is 3.23. The first-order valence-corrected chi connectivity index (χ1v) is 7.41. The fourth-order valence-electron chi connectivity index (χ4n) is 3.23. The van der Waals surface area contributed by atoms with Gasteiger partial charge in [0, 0.05) is 12.6 Å². The topological polar surface area (TPSA) is 55.6 Å². The highest BCUT2D eigenvalue weighted by molar-refractivity contribution is 5.79. The number of nitrogens with zero attached hydrogens (tertiary/aromatic N) is 1. The number of nitrogens with two attached hydrogens (primary N) is 1. The summed E-state index contributed by atoms with van der Waals surface area (Å²) >= 11 is 0. The minimum atomic E-state index is -0.891. The number of carbonyl (C=O) groups is 1. The molecule has 1 aliphatic rings. The van der Waals surface area contributed by atoms with Crippen molar-refractivity contribution in [1.29, 1.82) is 0 Å². The van der Waals surface area contributed by atoms with Gasteiger partial charge in [-0.15, -0.1) is 0 Å². The van der Waals surface area contributed by atoms with Crippen molar-refractivity contribution in [2.24, 2.45) is 11.1 Å². The number of hydrogen-bond acceptors (Lipinski definition) is 4. The van der Waals surface area contributed by atoms with Gasteiger partial charge in [0.1, 0.15) is 5.54 Å². The number of carbonyl (C=O) groups excluding carboxylic acids is 1. The average molecular weight is 270 g/mol. The number of rotatable bonds is 6. The lowest BCUT2D eigenvalue weighted by Crippen LogP contribution is -2.50. The standard InChI is InChI=1S/C15H30N2O2/c1-6-15(7-2)8-9-17(11-15)12(3)10-14(4,16)13(18)19-5/h12H,6-11,16H2,1-5H3. The minimum Gasteiger partial charge on any atom is -0.468 e. The lowest BCUT2D eigenvalue weighted by atomic mass is 9.82. The normalized spacial score (nSPS) is 23.9. The van der Waals surface area contributed by atoms with E-state index in [-0.39, 0.29) is 5.97 Å². The van der Waals surface area contributed by atoms with Crippen molar-refractivity contribution in [3.63, 3.8) is 0 Å². The molecule has 2 N–H and O–H groups in total. The molecule has 0 aromatic heterocycles. The first kappa shape index (κ1) is 16.4. The molecule has 0 bridgehead atoms. The first-order valence-electron chi connectivity index (χ1n) is 7.41. The Morgan fingerprint density at radius 1 is 1.47 bits per heavy atom. The number of hydrogen-bond donors (Lipinski definition) is 1. The van der Waals surface area contributed by atoms with Crippen LogP contribution in [0.25, 0.3) is 0 Å². The predicted octanol–water partition coefficient (Wildman–Crippen LogP) is 2.17. The van der Waals surface area contributed by atoms with Gasteiger partial charge in [0.15, 0.2) is 0 Å². The maximum Gasteiger partial charge on any atom is 0.325 e. The van der Waals surface area contributed by atoms with Gasteiger partial charge in [-0.1, -0.05) is 13.8 Å². The maximum atomic E-state index is 11.7. The van der Waals surface area contributed by atoms with Crippen molar-refractivity contribution in [2.75, 3.05) is 20.2 Å². The Kier molecular flexibility index (Phi) is 5.39. The van der Waals surface area contributed by atoms with Crippen molar-refractivity contribution in [2.45, 2.75) is 65.0 Å². The smallest absolute Gasteiger partial charge is 0.325 e. The summed E-state index contributed by atoms with van der Waals surface area (Å²) in [6.45, 7) is 10.7. The molecule has 19 heavy (non-hydrogen) atoms. The second-order valence-corrected chi connectivity index (χ2v) is 6.39. The minimum absolute atomic E-state index is 0.314. The monoisotopic (exact) mass is 270 g/mol. The molecule has 1 fully saturated rings. The van der Waals surface area contributed by atoms with Crippen LogP contribution in [0, 0.1) is 5.41 Å². The molecule has 2 unspecified atom stereocenters. The molecular formula is C15H30N2O2. The lowest BCUT2D eigenvalue weighted by Gasteiger charge is -2.33. The molecule has 4 nitrogen and oxygen atoms in total. The third kappa shape index (κ3) is 3.69. The van der Waals surface area contributed by atoms with Gasteiger partial charge < -0.3 is 15.4 Å². The average Bonchev–Trinajstić information content (AvgIpc) is 2.82. The summed E-state index contributed by atoms with van der Waals surface area (Å²) in [5.74, 6) is -0.323. The zero-order chi connectivity index (χ0) is 14.7. The third-order valence-electron chi connectivity index (χ3n) is 4.96. The Morgan fingerprint density at radius 2 is 2.05 bits per heavy atom. The van der Waals surface area contributed by atoms with Gasteiger partial charge in [0.05, 0.1) is 7.11 Å². The van der Waals surface area contributed by atoms with Gasteiger partial charge >= 0.3 is 5.97 Å². The highest BCUT2D eigenvalue weighted by Crippen LogP contribution is 2.38. The van der Waals surface area contributed by atoms with Crippen LogP contribution in [0.5, 0.6) is 0 Å². The van der Waals surface area contributed by atoms with E-state index in [0.29, 0.717) is 17.9 Å². The highest BCUT2D eigenvalue weighted by Gasteiger charge is 2.39. The predicted molar refractivity (Wildman–Crippen MR) is 77.9 cm³/mol. The van der Waals surface area contributed by atoms with E-state index in [1.165, 1.54) is 26.4 Å². The Morgan fingerprint density at radius 3 is 2.47 bits per heavy atom. The maximum absolute atomic E-state index is 11.7. The Labute approximate surface area is 117 Å². The van der Waals surface area contributed by atoms with Crippen molar-refractivity contribution < 1.29 is 9.53 Å². The summed E-state index contributed by atoms with van der Waals surface area (Å²) in [7, 11) is 1.40. The molecule has 0 amide bonds. The second-order valence-electron chi connectivity index (χ2n) is 6.39. The van der Waals surface area contributed by atoms with E-state index in [1.54, 1.807) is 6.92 Å². The van der Waals surface area contributed by atoms with E-state index >= 15 is 0 Å². The number of methoxy groups -OCH3 is 1. The zero-order valence-corrected chi connectivity index (χ0v) is 13.2. The molecule has 112 valence electrons. The molecule has 0 spiro atoms. The molecule has 0 aromatic carbocycles. The lowest BCUT2D eigenvalue weighted by molar-refractivity contribution is -0.147. The summed E-state index contributed by atoms with van der Waals surface area (Å²) in [5, 5.41) is 0. The van der Waals surface area contributed by atoms with Crippen molar-refractivity contribution >= 4 is 5.97 Å². The largest absolute Gasteiger partial charge is 0.468 e. The van der Waals surface area contributed by atoms with E-state index < -0.39 is 5.54 Å². The molecule has 1 rings (SSSR count). The van der Waals surface area contributed by atoms with E-state index in [9.17, 15) is 4.79 Å². The molecule has 0 aliphatic carbocycles. The van der Waals surface area contributed by atoms with Crippen LogP contribution in [-0.4, -0.2) is 42.6 Å².